The second-order valence-electron chi connectivity index (χ2n) is 5.90. The molecule has 0 bridgehead atoms. The van der Waals surface area contributed by atoms with Crippen molar-refractivity contribution < 1.29 is 4.74 Å². The zero-order valence-corrected chi connectivity index (χ0v) is 10.8. The molecule has 0 aromatic carbocycles. The van der Waals surface area contributed by atoms with E-state index in [4.69, 9.17) is 4.74 Å². The minimum Gasteiger partial charge on any atom is -0.374 e. The number of ether oxygens (including phenoxy) is 1. The molecule has 1 rings (SSSR count). The van der Waals surface area contributed by atoms with Gasteiger partial charge in [0.2, 0.25) is 0 Å². The summed E-state index contributed by atoms with van der Waals surface area (Å²) < 4.78 is 6.10. The molecule has 88 valence electrons. The van der Waals surface area contributed by atoms with Crippen molar-refractivity contribution in [2.24, 2.45) is 11.8 Å². The van der Waals surface area contributed by atoms with Crippen LogP contribution in [-0.4, -0.2) is 12.2 Å². The summed E-state index contributed by atoms with van der Waals surface area (Å²) in [4.78, 5) is 0. The van der Waals surface area contributed by atoms with Crippen LogP contribution in [0.3, 0.4) is 0 Å². The molecule has 0 N–H and O–H groups in total. The molecule has 0 saturated carbocycles. The second-order valence-corrected chi connectivity index (χ2v) is 5.90. The Labute approximate surface area is 94.9 Å². The Morgan fingerprint density at radius 1 is 1.20 bits per heavy atom. The third kappa shape index (κ3) is 3.98. The van der Waals surface area contributed by atoms with E-state index in [2.05, 4.69) is 34.3 Å². The molecule has 0 atom stereocenters. The summed E-state index contributed by atoms with van der Waals surface area (Å²) >= 11 is 0. The fourth-order valence-electron chi connectivity index (χ4n) is 2.84. The second kappa shape index (κ2) is 5.16. The molecule has 0 unspecified atom stereocenters. The Kier molecular flexibility index (Phi) is 4.39. The number of hydrogen-bond donors (Lipinski definition) is 0. The smallest absolute Gasteiger partial charge is 0.0724 e. The fraction of sp³-hybridized carbons (Fsp3) is 0.857. The summed E-state index contributed by atoms with van der Waals surface area (Å²) in [7, 11) is 0. The van der Waals surface area contributed by atoms with Crippen molar-refractivity contribution >= 4 is 0 Å². The SMILES string of the molecule is C=C1CCOC(CC(C)C)(CC(C)C)C1. The van der Waals surface area contributed by atoms with Gasteiger partial charge in [-0.05, 0) is 37.5 Å². The van der Waals surface area contributed by atoms with Gasteiger partial charge in [-0.2, -0.15) is 0 Å². The van der Waals surface area contributed by atoms with Crippen molar-refractivity contribution in [2.75, 3.05) is 6.61 Å². The van der Waals surface area contributed by atoms with Crippen LogP contribution in [0.1, 0.15) is 53.4 Å². The van der Waals surface area contributed by atoms with Crippen molar-refractivity contribution in [3.05, 3.63) is 12.2 Å². The molecule has 15 heavy (non-hydrogen) atoms. The van der Waals surface area contributed by atoms with E-state index >= 15 is 0 Å². The quantitative estimate of drug-likeness (QED) is 0.632. The van der Waals surface area contributed by atoms with Gasteiger partial charge >= 0.3 is 0 Å². The summed E-state index contributed by atoms with van der Waals surface area (Å²) in [6.45, 7) is 14.1. The van der Waals surface area contributed by atoms with Gasteiger partial charge in [0, 0.05) is 0 Å². The molecule has 1 saturated heterocycles. The third-order valence-corrected chi connectivity index (χ3v) is 3.00. The normalized spacial score (nSPS) is 21.3. The van der Waals surface area contributed by atoms with Crippen LogP contribution in [0, 0.1) is 11.8 Å². The fourth-order valence-corrected chi connectivity index (χ4v) is 2.84. The Morgan fingerprint density at radius 2 is 1.73 bits per heavy atom. The van der Waals surface area contributed by atoms with Crippen molar-refractivity contribution in [1.29, 1.82) is 0 Å². The maximum Gasteiger partial charge on any atom is 0.0724 e. The van der Waals surface area contributed by atoms with E-state index < -0.39 is 0 Å². The third-order valence-electron chi connectivity index (χ3n) is 3.00. The molecule has 1 heterocycles. The Hall–Kier alpha value is -0.300. The highest BCUT2D eigenvalue weighted by Gasteiger charge is 2.35. The Morgan fingerprint density at radius 3 is 2.13 bits per heavy atom. The predicted molar refractivity (Wildman–Crippen MR) is 66.0 cm³/mol. The minimum atomic E-state index is 0.0949. The monoisotopic (exact) mass is 210 g/mol. The summed E-state index contributed by atoms with van der Waals surface area (Å²) in [6.07, 6.45) is 4.47. The lowest BCUT2D eigenvalue weighted by Gasteiger charge is -2.41. The lowest BCUT2D eigenvalue weighted by Crippen LogP contribution is -2.39. The largest absolute Gasteiger partial charge is 0.374 e. The lowest BCUT2D eigenvalue weighted by molar-refractivity contribution is -0.0861. The van der Waals surface area contributed by atoms with Gasteiger partial charge in [0.05, 0.1) is 12.2 Å². The molecule has 0 aliphatic carbocycles. The molecule has 0 aromatic rings. The van der Waals surface area contributed by atoms with Crippen LogP contribution in [0.4, 0.5) is 0 Å². The maximum absolute atomic E-state index is 6.10. The molecule has 0 spiro atoms. The average Bonchev–Trinajstić information content (AvgIpc) is 1.99. The van der Waals surface area contributed by atoms with Crippen molar-refractivity contribution in [3.8, 4) is 0 Å². The van der Waals surface area contributed by atoms with E-state index in [0.717, 1.165) is 19.4 Å². The van der Waals surface area contributed by atoms with Crippen LogP contribution in [0.15, 0.2) is 12.2 Å². The van der Waals surface area contributed by atoms with Crippen LogP contribution in [0.2, 0.25) is 0 Å². The van der Waals surface area contributed by atoms with Gasteiger partial charge in [-0.3, -0.25) is 0 Å². The van der Waals surface area contributed by atoms with Gasteiger partial charge in [0.1, 0.15) is 0 Å². The first-order chi connectivity index (χ1) is 6.93. The predicted octanol–water partition coefficient (Wildman–Crippen LogP) is 4.18. The van der Waals surface area contributed by atoms with Crippen molar-refractivity contribution in [1.82, 2.24) is 0 Å². The highest BCUT2D eigenvalue weighted by atomic mass is 16.5. The topological polar surface area (TPSA) is 9.23 Å². The molecule has 1 fully saturated rings. The van der Waals surface area contributed by atoms with Gasteiger partial charge in [0.25, 0.3) is 0 Å². The summed E-state index contributed by atoms with van der Waals surface area (Å²) in [6, 6.07) is 0. The lowest BCUT2D eigenvalue weighted by atomic mass is 9.78. The first-order valence-electron chi connectivity index (χ1n) is 6.24. The number of rotatable bonds is 4. The van der Waals surface area contributed by atoms with E-state index in [0.29, 0.717) is 11.8 Å². The zero-order valence-electron chi connectivity index (χ0n) is 10.8. The molecule has 1 heteroatoms. The zero-order chi connectivity index (χ0) is 11.5. The molecule has 0 amide bonds. The average molecular weight is 210 g/mol. The van der Waals surface area contributed by atoms with Crippen LogP contribution in [-0.2, 0) is 4.74 Å². The van der Waals surface area contributed by atoms with Crippen LogP contribution >= 0.6 is 0 Å². The van der Waals surface area contributed by atoms with Gasteiger partial charge < -0.3 is 4.74 Å². The van der Waals surface area contributed by atoms with Crippen molar-refractivity contribution in [2.45, 2.75) is 59.0 Å². The van der Waals surface area contributed by atoms with Gasteiger partial charge in [-0.15, -0.1) is 0 Å². The summed E-state index contributed by atoms with van der Waals surface area (Å²) in [5.41, 5.74) is 1.47. The minimum absolute atomic E-state index is 0.0949. The first-order valence-corrected chi connectivity index (χ1v) is 6.24. The van der Waals surface area contributed by atoms with Gasteiger partial charge in [-0.1, -0.05) is 39.8 Å². The molecule has 1 aliphatic rings. The van der Waals surface area contributed by atoms with Crippen LogP contribution < -0.4 is 0 Å². The summed E-state index contributed by atoms with van der Waals surface area (Å²) in [5.74, 6) is 1.41. The summed E-state index contributed by atoms with van der Waals surface area (Å²) in [5, 5.41) is 0. The Balaban J connectivity index is 2.70. The highest BCUT2D eigenvalue weighted by molar-refractivity contribution is 5.05. The standard InChI is InChI=1S/C14H26O/c1-11(2)8-14(9-12(3)4)10-13(5)6-7-15-14/h11-12H,5-10H2,1-4H3. The van der Waals surface area contributed by atoms with E-state index in [1.807, 2.05) is 0 Å². The molecule has 0 aromatic heterocycles. The number of hydrogen-bond acceptors (Lipinski definition) is 1. The van der Waals surface area contributed by atoms with E-state index in [9.17, 15) is 0 Å². The van der Waals surface area contributed by atoms with Crippen LogP contribution in [0.5, 0.6) is 0 Å². The van der Waals surface area contributed by atoms with Crippen molar-refractivity contribution in [3.63, 3.8) is 0 Å². The molecular formula is C14H26O. The molecular weight excluding hydrogens is 184 g/mol. The van der Waals surface area contributed by atoms with Gasteiger partial charge in [0.15, 0.2) is 0 Å². The van der Waals surface area contributed by atoms with Gasteiger partial charge in [-0.25, -0.2) is 0 Å². The molecule has 0 radical (unpaired) electrons. The molecule has 1 nitrogen and oxygen atoms in total. The maximum atomic E-state index is 6.10. The van der Waals surface area contributed by atoms with E-state index in [1.54, 1.807) is 0 Å². The highest BCUT2D eigenvalue weighted by Crippen LogP contribution is 2.38. The first kappa shape index (κ1) is 12.8. The van der Waals surface area contributed by atoms with E-state index in [-0.39, 0.29) is 5.60 Å². The molecule has 1 aliphatic heterocycles. The Bertz CT molecular complexity index is 205. The van der Waals surface area contributed by atoms with Crippen LogP contribution in [0.25, 0.3) is 0 Å². The van der Waals surface area contributed by atoms with E-state index in [1.165, 1.54) is 18.4 Å².